The number of nitrogens with zero attached hydrogens (tertiary/aromatic N) is 3. The predicted molar refractivity (Wildman–Crippen MR) is 141 cm³/mol. The number of fused-ring (bicyclic) bond motifs is 1. The van der Waals surface area contributed by atoms with Gasteiger partial charge in [-0.05, 0) is 44.2 Å². The van der Waals surface area contributed by atoms with Crippen LogP contribution >= 0.6 is 0 Å². The van der Waals surface area contributed by atoms with Crippen LogP contribution in [0.25, 0.3) is 11.0 Å². The Bertz CT molecular complexity index is 780. The Balaban J connectivity index is 1.33. The number of carbonyl (C=O) groups is 1. The Morgan fingerprint density at radius 1 is 0.727 bits per heavy atom. The minimum atomic E-state index is 0.0432. The van der Waals surface area contributed by atoms with Crippen molar-refractivity contribution in [3.05, 3.63) is 36.4 Å². The quantitative estimate of drug-likeness (QED) is 0.148. The third kappa shape index (κ3) is 12.2. The number of benzene rings is 1. The Hall–Kier alpha value is -1.97. The van der Waals surface area contributed by atoms with Gasteiger partial charge in [-0.25, -0.2) is 0 Å². The lowest BCUT2D eigenvalue weighted by Gasteiger charge is -2.02. The highest BCUT2D eigenvalue weighted by Crippen LogP contribution is 2.14. The van der Waals surface area contributed by atoms with Crippen LogP contribution in [0, 0.1) is 0 Å². The number of para-hydroxylation sites is 1. The summed E-state index contributed by atoms with van der Waals surface area (Å²) in [7, 11) is 0. The van der Waals surface area contributed by atoms with Crippen LogP contribution in [0.2, 0.25) is 0 Å². The summed E-state index contributed by atoms with van der Waals surface area (Å²) in [5.74, 6) is 0.0432. The standard InChI is InChI=1S/C29H47N3O/c1-2-3-4-5-6-7-8-9-10-11-12-13-14-15-16-17-18-19-20-21-26-29(33)32-28-25-23-22-24-27(28)30-31-32/h16-17,22-25H,2-15,18-21,26H2,1H3/b17-16+. The van der Waals surface area contributed by atoms with E-state index in [1.165, 1.54) is 94.6 Å². The summed E-state index contributed by atoms with van der Waals surface area (Å²) in [5.41, 5.74) is 1.58. The van der Waals surface area contributed by atoms with Gasteiger partial charge < -0.3 is 0 Å². The van der Waals surface area contributed by atoms with Gasteiger partial charge in [0.25, 0.3) is 0 Å². The number of rotatable bonds is 20. The van der Waals surface area contributed by atoms with Gasteiger partial charge in [0.05, 0.1) is 5.52 Å². The van der Waals surface area contributed by atoms with Crippen molar-refractivity contribution >= 4 is 16.9 Å². The van der Waals surface area contributed by atoms with Gasteiger partial charge in [0.1, 0.15) is 5.52 Å². The number of hydrogen-bond acceptors (Lipinski definition) is 3. The van der Waals surface area contributed by atoms with Crippen molar-refractivity contribution in [1.82, 2.24) is 15.0 Å². The summed E-state index contributed by atoms with van der Waals surface area (Å²) >= 11 is 0. The molecule has 2 rings (SSSR count). The normalized spacial score (nSPS) is 11.7. The van der Waals surface area contributed by atoms with Gasteiger partial charge in [-0.3, -0.25) is 4.79 Å². The molecule has 4 nitrogen and oxygen atoms in total. The monoisotopic (exact) mass is 453 g/mol. The van der Waals surface area contributed by atoms with Crippen LogP contribution in [0.4, 0.5) is 0 Å². The molecule has 0 aliphatic heterocycles. The summed E-state index contributed by atoms with van der Waals surface area (Å²) in [5, 5.41) is 8.06. The van der Waals surface area contributed by atoms with E-state index in [9.17, 15) is 4.79 Å². The summed E-state index contributed by atoms with van der Waals surface area (Å²) in [6.45, 7) is 2.29. The average molecular weight is 454 g/mol. The molecule has 184 valence electrons. The topological polar surface area (TPSA) is 47.8 Å². The van der Waals surface area contributed by atoms with Gasteiger partial charge in [0.2, 0.25) is 5.91 Å². The zero-order valence-electron chi connectivity index (χ0n) is 21.1. The highest BCUT2D eigenvalue weighted by molar-refractivity contribution is 5.88. The number of allylic oxidation sites excluding steroid dienone is 2. The molecule has 0 saturated heterocycles. The van der Waals surface area contributed by atoms with Crippen LogP contribution in [0.5, 0.6) is 0 Å². The van der Waals surface area contributed by atoms with Crippen LogP contribution < -0.4 is 0 Å². The number of unbranched alkanes of at least 4 members (excludes halogenated alkanes) is 16. The maximum atomic E-state index is 12.4. The van der Waals surface area contributed by atoms with E-state index in [0.29, 0.717) is 6.42 Å². The van der Waals surface area contributed by atoms with Gasteiger partial charge >= 0.3 is 0 Å². The maximum Gasteiger partial charge on any atom is 0.248 e. The smallest absolute Gasteiger partial charge is 0.248 e. The van der Waals surface area contributed by atoms with Crippen molar-refractivity contribution < 1.29 is 4.79 Å². The fourth-order valence-electron chi connectivity index (χ4n) is 4.39. The first-order valence-electron chi connectivity index (χ1n) is 13.8. The average Bonchev–Trinajstić information content (AvgIpc) is 3.27. The molecule has 0 atom stereocenters. The van der Waals surface area contributed by atoms with Gasteiger partial charge in [-0.15, -0.1) is 5.10 Å². The van der Waals surface area contributed by atoms with Crippen molar-refractivity contribution in [3.8, 4) is 0 Å². The van der Waals surface area contributed by atoms with Crippen molar-refractivity contribution in [3.63, 3.8) is 0 Å². The molecule has 4 heteroatoms. The van der Waals surface area contributed by atoms with Gasteiger partial charge in [0, 0.05) is 6.42 Å². The molecular formula is C29H47N3O. The fraction of sp³-hybridized carbons (Fsp3) is 0.690. The fourth-order valence-corrected chi connectivity index (χ4v) is 4.39. The summed E-state index contributed by atoms with van der Waals surface area (Å²) in [6.07, 6.45) is 29.1. The second-order valence-electron chi connectivity index (χ2n) is 9.49. The van der Waals surface area contributed by atoms with Gasteiger partial charge in [-0.1, -0.05) is 120 Å². The van der Waals surface area contributed by atoms with E-state index in [-0.39, 0.29) is 5.91 Å². The van der Waals surface area contributed by atoms with Crippen molar-refractivity contribution in [2.75, 3.05) is 0 Å². The minimum absolute atomic E-state index is 0.0432. The molecule has 0 amide bonds. The maximum absolute atomic E-state index is 12.4. The highest BCUT2D eigenvalue weighted by Gasteiger charge is 2.10. The molecule has 0 unspecified atom stereocenters. The molecule has 1 aromatic carbocycles. The highest BCUT2D eigenvalue weighted by atomic mass is 16.2. The molecule has 2 aromatic rings. The Labute approximate surface area is 202 Å². The van der Waals surface area contributed by atoms with E-state index in [0.717, 1.165) is 36.7 Å². The molecule has 0 N–H and O–H groups in total. The first-order valence-corrected chi connectivity index (χ1v) is 13.8. The molecule has 0 radical (unpaired) electrons. The van der Waals surface area contributed by atoms with Gasteiger partial charge in [0.15, 0.2) is 0 Å². The first kappa shape index (κ1) is 27.3. The van der Waals surface area contributed by atoms with Crippen LogP contribution in [0.3, 0.4) is 0 Å². The van der Waals surface area contributed by atoms with E-state index >= 15 is 0 Å². The van der Waals surface area contributed by atoms with Crippen LogP contribution in [-0.2, 0) is 0 Å². The lowest BCUT2D eigenvalue weighted by Crippen LogP contribution is -2.12. The van der Waals surface area contributed by atoms with Crippen LogP contribution in [0.15, 0.2) is 36.4 Å². The second-order valence-corrected chi connectivity index (χ2v) is 9.49. The molecule has 0 aliphatic rings. The van der Waals surface area contributed by atoms with E-state index in [2.05, 4.69) is 29.4 Å². The van der Waals surface area contributed by atoms with E-state index in [4.69, 9.17) is 0 Å². The first-order chi connectivity index (χ1) is 16.3. The Kier molecular flexibility index (Phi) is 15.3. The zero-order chi connectivity index (χ0) is 23.4. The summed E-state index contributed by atoms with van der Waals surface area (Å²) in [4.78, 5) is 12.4. The number of carbonyl (C=O) groups excluding carboxylic acids is 1. The minimum Gasteiger partial charge on any atom is -0.273 e. The van der Waals surface area contributed by atoms with Crippen LogP contribution in [-0.4, -0.2) is 20.9 Å². The predicted octanol–water partition coefficient (Wildman–Crippen LogP) is 9.06. The molecular weight excluding hydrogens is 406 g/mol. The molecule has 0 fully saturated rings. The van der Waals surface area contributed by atoms with E-state index in [1.807, 2.05) is 24.3 Å². The Morgan fingerprint density at radius 2 is 1.24 bits per heavy atom. The van der Waals surface area contributed by atoms with Gasteiger partial charge in [-0.2, -0.15) is 4.68 Å². The Morgan fingerprint density at radius 3 is 1.85 bits per heavy atom. The summed E-state index contributed by atoms with van der Waals surface area (Å²) in [6, 6.07) is 7.61. The lowest BCUT2D eigenvalue weighted by molar-refractivity contribution is 0.0886. The van der Waals surface area contributed by atoms with Crippen molar-refractivity contribution in [2.45, 2.75) is 129 Å². The van der Waals surface area contributed by atoms with Crippen molar-refractivity contribution in [1.29, 1.82) is 0 Å². The van der Waals surface area contributed by atoms with E-state index in [1.54, 1.807) is 0 Å². The molecule has 0 aliphatic carbocycles. The third-order valence-electron chi connectivity index (χ3n) is 6.49. The van der Waals surface area contributed by atoms with Crippen molar-refractivity contribution in [2.24, 2.45) is 0 Å². The molecule has 33 heavy (non-hydrogen) atoms. The largest absolute Gasteiger partial charge is 0.273 e. The van der Waals surface area contributed by atoms with Crippen LogP contribution in [0.1, 0.15) is 134 Å². The number of hydrogen-bond donors (Lipinski definition) is 0. The molecule has 0 spiro atoms. The molecule has 0 bridgehead atoms. The number of aromatic nitrogens is 3. The lowest BCUT2D eigenvalue weighted by atomic mass is 10.0. The molecule has 1 heterocycles. The van der Waals surface area contributed by atoms with E-state index < -0.39 is 0 Å². The second kappa shape index (κ2) is 18.5. The summed E-state index contributed by atoms with van der Waals surface area (Å²) < 4.78 is 1.45. The SMILES string of the molecule is CCCCCCCCCCCCCCC/C=C/CCCCCC(=O)n1nnc2ccccc21. The molecule has 1 aromatic heterocycles. The molecule has 0 saturated carbocycles. The zero-order valence-corrected chi connectivity index (χ0v) is 21.1. The third-order valence-corrected chi connectivity index (χ3v) is 6.49.